The summed E-state index contributed by atoms with van der Waals surface area (Å²) < 4.78 is 5.09. The smallest absolute Gasteiger partial charge is 0.409 e. The second-order valence-corrected chi connectivity index (χ2v) is 4.40. The van der Waals surface area contributed by atoms with Crippen molar-refractivity contribution >= 4 is 11.8 Å². The molecule has 0 fully saturated rings. The third-order valence-electron chi connectivity index (χ3n) is 1.70. The lowest BCUT2D eigenvalue weighted by molar-refractivity contribution is 0.0532. The summed E-state index contributed by atoms with van der Waals surface area (Å²) in [6.45, 7) is 5.84. The molecule has 0 spiro atoms. The van der Waals surface area contributed by atoms with Gasteiger partial charge in [-0.05, 0) is 32.9 Å². The Morgan fingerprint density at radius 2 is 1.88 bits per heavy atom. The van der Waals surface area contributed by atoms with Crippen LogP contribution in [-0.4, -0.2) is 18.4 Å². The van der Waals surface area contributed by atoms with Crippen molar-refractivity contribution in [3.05, 3.63) is 30.3 Å². The number of carbonyl (C=O) groups excluding carboxylic acids is 1. The monoisotopic (exact) mass is 222 g/mol. The molecule has 2 N–H and O–H groups in total. The van der Waals surface area contributed by atoms with Crippen molar-refractivity contribution in [3.8, 4) is 0 Å². The Bertz CT molecular complexity index is 331. The van der Waals surface area contributed by atoms with Crippen molar-refractivity contribution in [2.75, 3.05) is 12.0 Å². The van der Waals surface area contributed by atoms with Crippen LogP contribution in [0.25, 0.3) is 0 Å². The molecule has 0 atom stereocenters. The van der Waals surface area contributed by atoms with Gasteiger partial charge in [0.15, 0.2) is 0 Å². The Kier molecular flexibility index (Phi) is 4.17. The summed E-state index contributed by atoms with van der Waals surface area (Å²) in [5, 5.41) is 5.66. The molecular formula is C12H18N2O2. The highest BCUT2D eigenvalue weighted by molar-refractivity contribution is 5.68. The van der Waals surface area contributed by atoms with Crippen molar-refractivity contribution < 1.29 is 9.53 Å². The van der Waals surface area contributed by atoms with Crippen LogP contribution in [-0.2, 0) is 4.74 Å². The number of hydrogen-bond acceptors (Lipinski definition) is 3. The molecule has 0 saturated heterocycles. The molecule has 1 amide bonds. The first-order valence-corrected chi connectivity index (χ1v) is 5.23. The van der Waals surface area contributed by atoms with Gasteiger partial charge in [0.2, 0.25) is 0 Å². The summed E-state index contributed by atoms with van der Waals surface area (Å²) >= 11 is 0. The average Bonchev–Trinajstić information content (AvgIpc) is 2.16. The molecule has 4 nitrogen and oxygen atoms in total. The topological polar surface area (TPSA) is 50.4 Å². The number of carbonyl (C=O) groups is 1. The van der Waals surface area contributed by atoms with Crippen LogP contribution >= 0.6 is 0 Å². The summed E-state index contributed by atoms with van der Waals surface area (Å²) in [4.78, 5) is 11.3. The number of hydrogen-bond donors (Lipinski definition) is 2. The zero-order valence-electron chi connectivity index (χ0n) is 9.91. The van der Waals surface area contributed by atoms with E-state index in [0.717, 1.165) is 5.69 Å². The van der Waals surface area contributed by atoms with Gasteiger partial charge in [0, 0.05) is 5.69 Å². The molecule has 0 saturated carbocycles. The maximum absolute atomic E-state index is 11.3. The molecule has 0 heterocycles. The molecule has 0 unspecified atom stereocenters. The van der Waals surface area contributed by atoms with Gasteiger partial charge in [-0.1, -0.05) is 18.2 Å². The van der Waals surface area contributed by atoms with Crippen LogP contribution in [0, 0.1) is 0 Å². The van der Waals surface area contributed by atoms with Crippen molar-refractivity contribution in [2.45, 2.75) is 26.4 Å². The Balaban J connectivity index is 2.24. The number of rotatable bonds is 3. The van der Waals surface area contributed by atoms with Gasteiger partial charge in [0.25, 0.3) is 0 Å². The SMILES string of the molecule is CC(C)(C)OC(=O)NCNc1ccccc1. The fourth-order valence-corrected chi connectivity index (χ4v) is 1.09. The maximum Gasteiger partial charge on any atom is 0.409 e. The maximum atomic E-state index is 11.3. The summed E-state index contributed by atoms with van der Waals surface area (Å²) in [5.74, 6) is 0. The summed E-state index contributed by atoms with van der Waals surface area (Å²) in [7, 11) is 0. The molecule has 16 heavy (non-hydrogen) atoms. The third-order valence-corrected chi connectivity index (χ3v) is 1.70. The first-order chi connectivity index (χ1) is 7.47. The van der Waals surface area contributed by atoms with Gasteiger partial charge in [-0.2, -0.15) is 0 Å². The first kappa shape index (κ1) is 12.4. The summed E-state index contributed by atoms with van der Waals surface area (Å²) in [6.07, 6.45) is -0.420. The van der Waals surface area contributed by atoms with Gasteiger partial charge >= 0.3 is 6.09 Å². The van der Waals surface area contributed by atoms with Crippen LogP contribution in [0.2, 0.25) is 0 Å². The van der Waals surface area contributed by atoms with E-state index >= 15 is 0 Å². The Morgan fingerprint density at radius 1 is 1.25 bits per heavy atom. The van der Waals surface area contributed by atoms with E-state index in [-0.39, 0.29) is 0 Å². The standard InChI is InChI=1S/C12H18N2O2/c1-12(2,3)16-11(15)14-9-13-10-7-5-4-6-8-10/h4-8,13H,9H2,1-3H3,(H,14,15). The number of benzene rings is 1. The highest BCUT2D eigenvalue weighted by atomic mass is 16.6. The number of nitrogens with one attached hydrogen (secondary N) is 2. The Morgan fingerprint density at radius 3 is 2.44 bits per heavy atom. The van der Waals surface area contributed by atoms with Crippen LogP contribution in [0.4, 0.5) is 10.5 Å². The van der Waals surface area contributed by atoms with Crippen LogP contribution in [0.3, 0.4) is 0 Å². The zero-order valence-corrected chi connectivity index (χ0v) is 9.91. The fourth-order valence-electron chi connectivity index (χ4n) is 1.09. The van der Waals surface area contributed by atoms with E-state index in [0.29, 0.717) is 6.67 Å². The van der Waals surface area contributed by atoms with Crippen LogP contribution < -0.4 is 10.6 Å². The van der Waals surface area contributed by atoms with E-state index in [9.17, 15) is 4.79 Å². The summed E-state index contributed by atoms with van der Waals surface area (Å²) in [5.41, 5.74) is 0.496. The average molecular weight is 222 g/mol. The molecule has 0 aliphatic heterocycles. The van der Waals surface area contributed by atoms with E-state index in [1.165, 1.54) is 0 Å². The van der Waals surface area contributed by atoms with Crippen molar-refractivity contribution in [2.24, 2.45) is 0 Å². The number of alkyl carbamates (subject to hydrolysis) is 1. The van der Waals surface area contributed by atoms with E-state index < -0.39 is 11.7 Å². The molecule has 0 radical (unpaired) electrons. The molecule has 0 aliphatic carbocycles. The van der Waals surface area contributed by atoms with Gasteiger partial charge in [-0.3, -0.25) is 0 Å². The second-order valence-electron chi connectivity index (χ2n) is 4.40. The minimum Gasteiger partial charge on any atom is -0.444 e. The molecule has 0 aliphatic rings. The van der Waals surface area contributed by atoms with Crippen molar-refractivity contribution in [1.82, 2.24) is 5.32 Å². The lowest BCUT2D eigenvalue weighted by atomic mass is 10.2. The van der Waals surface area contributed by atoms with Gasteiger partial charge in [-0.15, -0.1) is 0 Å². The number of para-hydroxylation sites is 1. The minimum atomic E-state index is -0.461. The predicted molar refractivity (Wildman–Crippen MR) is 64.3 cm³/mol. The van der Waals surface area contributed by atoms with Crippen LogP contribution in [0.5, 0.6) is 0 Å². The van der Waals surface area contributed by atoms with Gasteiger partial charge in [0.05, 0.1) is 6.67 Å². The van der Waals surface area contributed by atoms with E-state index in [2.05, 4.69) is 10.6 Å². The van der Waals surface area contributed by atoms with E-state index in [1.54, 1.807) is 0 Å². The predicted octanol–water partition coefficient (Wildman–Crippen LogP) is 2.58. The largest absolute Gasteiger partial charge is 0.444 e. The second kappa shape index (κ2) is 5.39. The Labute approximate surface area is 96.0 Å². The molecule has 0 aromatic heterocycles. The lowest BCUT2D eigenvalue weighted by Gasteiger charge is -2.19. The first-order valence-electron chi connectivity index (χ1n) is 5.23. The number of ether oxygens (including phenoxy) is 1. The van der Waals surface area contributed by atoms with Gasteiger partial charge in [0.1, 0.15) is 5.60 Å². The quantitative estimate of drug-likeness (QED) is 0.773. The van der Waals surface area contributed by atoms with Crippen molar-refractivity contribution in [3.63, 3.8) is 0 Å². The van der Waals surface area contributed by atoms with Gasteiger partial charge in [-0.25, -0.2) is 4.79 Å². The lowest BCUT2D eigenvalue weighted by Crippen LogP contribution is -2.35. The number of anilines is 1. The van der Waals surface area contributed by atoms with E-state index in [4.69, 9.17) is 4.74 Å². The molecular weight excluding hydrogens is 204 g/mol. The van der Waals surface area contributed by atoms with Gasteiger partial charge < -0.3 is 15.4 Å². The highest BCUT2D eigenvalue weighted by Gasteiger charge is 2.15. The summed E-state index contributed by atoms with van der Waals surface area (Å²) in [6, 6.07) is 9.64. The molecule has 4 heteroatoms. The van der Waals surface area contributed by atoms with Crippen LogP contribution in [0.1, 0.15) is 20.8 Å². The molecule has 1 aromatic rings. The Hall–Kier alpha value is -1.71. The minimum absolute atomic E-state index is 0.346. The zero-order chi connectivity index (χ0) is 12.0. The molecule has 88 valence electrons. The van der Waals surface area contributed by atoms with Crippen molar-refractivity contribution in [1.29, 1.82) is 0 Å². The molecule has 0 bridgehead atoms. The van der Waals surface area contributed by atoms with E-state index in [1.807, 2.05) is 51.1 Å². The highest BCUT2D eigenvalue weighted by Crippen LogP contribution is 2.06. The molecule has 1 rings (SSSR count). The molecule has 1 aromatic carbocycles. The fraction of sp³-hybridized carbons (Fsp3) is 0.417. The van der Waals surface area contributed by atoms with Crippen LogP contribution in [0.15, 0.2) is 30.3 Å². The third kappa shape index (κ3) is 5.24. The normalized spacial score (nSPS) is 10.7. The number of amides is 1.